The molecule has 0 saturated carbocycles. The van der Waals surface area contributed by atoms with E-state index < -0.39 is 40.1 Å². The first-order chi connectivity index (χ1) is 11.9. The maximum atomic E-state index is 12.1. The summed E-state index contributed by atoms with van der Waals surface area (Å²) in [6.45, 7) is -0.106. The zero-order chi connectivity index (χ0) is 18.4. The quantitative estimate of drug-likeness (QED) is 0.546. The zero-order valence-electron chi connectivity index (χ0n) is 13.2. The Morgan fingerprint density at radius 2 is 1.92 bits per heavy atom. The van der Waals surface area contributed by atoms with Crippen LogP contribution in [0.1, 0.15) is 15.9 Å². The molecule has 2 rings (SSSR count). The molecule has 0 saturated heterocycles. The number of nitrogens with one attached hydrogen (secondary N) is 1. The summed E-state index contributed by atoms with van der Waals surface area (Å²) < 4.78 is 0.802. The lowest BCUT2D eigenvalue weighted by molar-refractivity contribution is -0.385. The van der Waals surface area contributed by atoms with Crippen molar-refractivity contribution in [3.05, 3.63) is 74.2 Å². The Kier molecular flexibility index (Phi) is 5.62. The van der Waals surface area contributed by atoms with E-state index in [0.29, 0.717) is 13.0 Å². The Balaban J connectivity index is 2.08. The van der Waals surface area contributed by atoms with Gasteiger partial charge in [0.1, 0.15) is 12.1 Å². The van der Waals surface area contributed by atoms with Crippen molar-refractivity contribution < 1.29 is 14.5 Å². The average molecular weight is 344 g/mol. The van der Waals surface area contributed by atoms with Gasteiger partial charge in [0.2, 0.25) is 5.91 Å². The summed E-state index contributed by atoms with van der Waals surface area (Å²) >= 11 is 0. The monoisotopic (exact) mass is 344 g/mol. The molecule has 2 amide bonds. The number of aromatic nitrogens is 1. The number of hydrogen-bond donors (Lipinski definition) is 2. The molecule has 0 aliphatic rings. The largest absolute Gasteiger partial charge is 0.365 e. The standard InChI is InChI=1S/C16H16N4O5/c17-15(22)13-8-12(20(24)25)9-19(16(13)23)10-14(21)18-7-6-11-4-2-1-3-5-11/h1-5,8-9H,6-7,10H2,(H2,17,22)(H,18,21). The zero-order valence-corrected chi connectivity index (χ0v) is 13.2. The second-order valence-corrected chi connectivity index (χ2v) is 5.25. The van der Waals surface area contributed by atoms with Crippen LogP contribution in [0.4, 0.5) is 5.69 Å². The molecule has 0 aliphatic heterocycles. The van der Waals surface area contributed by atoms with Gasteiger partial charge < -0.3 is 11.1 Å². The maximum absolute atomic E-state index is 12.1. The third-order valence-electron chi connectivity index (χ3n) is 3.44. The fourth-order valence-electron chi connectivity index (χ4n) is 2.22. The summed E-state index contributed by atoms with van der Waals surface area (Å²) in [6, 6.07) is 10.3. The molecule has 0 fully saturated rings. The van der Waals surface area contributed by atoms with Crippen LogP contribution in [0.3, 0.4) is 0 Å². The van der Waals surface area contributed by atoms with Gasteiger partial charge in [0.25, 0.3) is 17.2 Å². The molecular weight excluding hydrogens is 328 g/mol. The third-order valence-corrected chi connectivity index (χ3v) is 3.44. The lowest BCUT2D eigenvalue weighted by Gasteiger charge is -2.08. The maximum Gasteiger partial charge on any atom is 0.286 e. The molecule has 1 aromatic carbocycles. The molecule has 0 aliphatic carbocycles. The van der Waals surface area contributed by atoms with Crippen molar-refractivity contribution in [1.29, 1.82) is 0 Å². The first-order valence-electron chi connectivity index (χ1n) is 7.38. The van der Waals surface area contributed by atoms with Gasteiger partial charge in [-0.1, -0.05) is 30.3 Å². The number of nitrogens with two attached hydrogens (primary N) is 1. The Labute approximate surface area is 142 Å². The number of nitrogens with zero attached hydrogens (tertiary/aromatic N) is 2. The summed E-state index contributed by atoms with van der Waals surface area (Å²) in [5.41, 5.74) is 4.20. The molecule has 0 bridgehead atoms. The van der Waals surface area contributed by atoms with Crippen LogP contribution in [0.15, 0.2) is 47.4 Å². The molecule has 0 radical (unpaired) electrons. The van der Waals surface area contributed by atoms with Gasteiger partial charge in [-0.15, -0.1) is 0 Å². The summed E-state index contributed by atoms with van der Waals surface area (Å²) in [5.74, 6) is -1.60. The van der Waals surface area contributed by atoms with Gasteiger partial charge in [0.15, 0.2) is 0 Å². The van der Waals surface area contributed by atoms with Crippen molar-refractivity contribution >= 4 is 17.5 Å². The number of nitro groups is 1. The highest BCUT2D eigenvalue weighted by Gasteiger charge is 2.18. The van der Waals surface area contributed by atoms with Gasteiger partial charge >= 0.3 is 0 Å². The van der Waals surface area contributed by atoms with E-state index in [-0.39, 0.29) is 0 Å². The molecule has 25 heavy (non-hydrogen) atoms. The molecule has 9 nitrogen and oxygen atoms in total. The molecule has 3 N–H and O–H groups in total. The van der Waals surface area contributed by atoms with Crippen molar-refractivity contribution in [1.82, 2.24) is 9.88 Å². The van der Waals surface area contributed by atoms with Crippen LogP contribution in [0, 0.1) is 10.1 Å². The molecule has 9 heteroatoms. The van der Waals surface area contributed by atoms with Gasteiger partial charge in [-0.25, -0.2) is 0 Å². The van der Waals surface area contributed by atoms with E-state index in [2.05, 4.69) is 5.32 Å². The minimum atomic E-state index is -1.09. The van der Waals surface area contributed by atoms with E-state index in [1.54, 1.807) is 0 Å². The predicted molar refractivity (Wildman–Crippen MR) is 89.0 cm³/mol. The number of primary amides is 1. The van der Waals surface area contributed by atoms with Crippen molar-refractivity contribution in [2.45, 2.75) is 13.0 Å². The van der Waals surface area contributed by atoms with Crippen LogP contribution in [0.2, 0.25) is 0 Å². The van der Waals surface area contributed by atoms with Gasteiger partial charge in [-0.3, -0.25) is 29.1 Å². The number of hydrogen-bond acceptors (Lipinski definition) is 5. The Hall–Kier alpha value is -3.49. The van der Waals surface area contributed by atoms with Crippen LogP contribution >= 0.6 is 0 Å². The fraction of sp³-hybridized carbons (Fsp3) is 0.188. The average Bonchev–Trinajstić information content (AvgIpc) is 2.57. The van der Waals surface area contributed by atoms with E-state index in [0.717, 1.165) is 22.4 Å². The normalized spacial score (nSPS) is 10.2. The van der Waals surface area contributed by atoms with Crippen LogP contribution in [0.5, 0.6) is 0 Å². The molecule has 1 heterocycles. The number of amides is 2. The smallest absolute Gasteiger partial charge is 0.286 e. The summed E-state index contributed by atoms with van der Waals surface area (Å²) in [6.07, 6.45) is 1.51. The SMILES string of the molecule is NC(=O)c1cc([N+](=O)[O-])cn(CC(=O)NCCc2ccccc2)c1=O. The number of carbonyl (C=O) groups excluding carboxylic acids is 2. The fourth-order valence-corrected chi connectivity index (χ4v) is 2.22. The van der Waals surface area contributed by atoms with Crippen molar-refractivity contribution in [2.24, 2.45) is 5.73 Å². The van der Waals surface area contributed by atoms with Gasteiger partial charge in [0, 0.05) is 12.6 Å². The highest BCUT2D eigenvalue weighted by atomic mass is 16.6. The Morgan fingerprint density at radius 1 is 1.24 bits per heavy atom. The first kappa shape index (κ1) is 17.9. The van der Waals surface area contributed by atoms with Gasteiger partial charge in [0.05, 0.1) is 11.1 Å². The van der Waals surface area contributed by atoms with E-state index in [1.807, 2.05) is 30.3 Å². The number of benzene rings is 1. The molecule has 0 atom stereocenters. The van der Waals surface area contributed by atoms with Crippen LogP contribution in [0.25, 0.3) is 0 Å². The highest BCUT2D eigenvalue weighted by Crippen LogP contribution is 2.10. The second kappa shape index (κ2) is 7.86. The Bertz CT molecular complexity index is 861. The highest BCUT2D eigenvalue weighted by molar-refractivity contribution is 5.93. The first-order valence-corrected chi connectivity index (χ1v) is 7.38. The van der Waals surface area contributed by atoms with Gasteiger partial charge in [-0.2, -0.15) is 0 Å². The van der Waals surface area contributed by atoms with Crippen LogP contribution in [-0.2, 0) is 17.8 Å². The summed E-state index contributed by atoms with van der Waals surface area (Å²) in [4.78, 5) is 45.4. The van der Waals surface area contributed by atoms with Crippen molar-refractivity contribution in [2.75, 3.05) is 6.54 Å². The second-order valence-electron chi connectivity index (χ2n) is 5.25. The predicted octanol–water partition coefficient (Wildman–Crippen LogP) is 0.214. The molecule has 130 valence electrons. The van der Waals surface area contributed by atoms with E-state index in [9.17, 15) is 24.5 Å². The topological polar surface area (TPSA) is 137 Å². The molecular formula is C16H16N4O5. The minimum absolute atomic E-state index is 0.342. The minimum Gasteiger partial charge on any atom is -0.365 e. The Morgan fingerprint density at radius 3 is 2.52 bits per heavy atom. The molecule has 0 unspecified atom stereocenters. The van der Waals surface area contributed by atoms with Crippen LogP contribution < -0.4 is 16.6 Å². The number of pyridine rings is 1. The van der Waals surface area contributed by atoms with E-state index in [1.165, 1.54) is 0 Å². The summed E-state index contributed by atoms with van der Waals surface area (Å²) in [5, 5.41) is 13.5. The number of carbonyl (C=O) groups is 2. The molecule has 0 spiro atoms. The van der Waals surface area contributed by atoms with Crippen molar-refractivity contribution in [3.63, 3.8) is 0 Å². The summed E-state index contributed by atoms with van der Waals surface area (Å²) in [7, 11) is 0. The number of rotatable bonds is 7. The lowest BCUT2D eigenvalue weighted by Crippen LogP contribution is -2.36. The lowest BCUT2D eigenvalue weighted by atomic mass is 10.1. The third kappa shape index (κ3) is 4.74. The van der Waals surface area contributed by atoms with Crippen LogP contribution in [-0.4, -0.2) is 27.8 Å². The molecule has 2 aromatic rings. The van der Waals surface area contributed by atoms with Crippen molar-refractivity contribution in [3.8, 4) is 0 Å². The van der Waals surface area contributed by atoms with Gasteiger partial charge in [-0.05, 0) is 12.0 Å². The van der Waals surface area contributed by atoms with E-state index >= 15 is 0 Å². The molecule has 1 aromatic heterocycles. The van der Waals surface area contributed by atoms with E-state index in [4.69, 9.17) is 5.73 Å².